The van der Waals surface area contributed by atoms with E-state index in [1.165, 1.54) is 39.4 Å². The van der Waals surface area contributed by atoms with E-state index in [4.69, 9.17) is 4.74 Å². The van der Waals surface area contributed by atoms with Crippen LogP contribution in [0.25, 0.3) is 11.1 Å². The number of ether oxygens (including phenoxy) is 1. The van der Waals surface area contributed by atoms with Crippen LogP contribution in [0.3, 0.4) is 0 Å². The van der Waals surface area contributed by atoms with Crippen LogP contribution in [0.2, 0.25) is 0 Å². The average molecular weight is 415 g/mol. The number of rotatable bonds is 5. The maximum Gasteiger partial charge on any atom is 0.119 e. The Hall–Kier alpha value is -2.94. The van der Waals surface area contributed by atoms with E-state index >= 15 is 0 Å². The van der Waals surface area contributed by atoms with Crippen LogP contribution in [0, 0.1) is 6.92 Å². The summed E-state index contributed by atoms with van der Waals surface area (Å²) in [6.07, 6.45) is 0.180. The van der Waals surface area contributed by atoms with Gasteiger partial charge in [-0.2, -0.15) is 0 Å². The summed E-state index contributed by atoms with van der Waals surface area (Å²) in [5.41, 5.74) is 8.88. The van der Waals surface area contributed by atoms with Gasteiger partial charge in [-0.25, -0.2) is 0 Å². The molecule has 3 heteroatoms. The molecule has 0 spiro atoms. The molecule has 3 aromatic rings. The monoisotopic (exact) mass is 414 g/mol. The molecule has 3 nitrogen and oxygen atoms in total. The highest BCUT2D eigenvalue weighted by Crippen LogP contribution is 2.51. The van der Waals surface area contributed by atoms with Crippen LogP contribution >= 0.6 is 0 Å². The van der Waals surface area contributed by atoms with Gasteiger partial charge in [-0.3, -0.25) is 0 Å². The molecule has 1 aliphatic heterocycles. The lowest BCUT2D eigenvalue weighted by molar-refractivity contribution is 0.242. The molecule has 0 N–H and O–H groups in total. The van der Waals surface area contributed by atoms with E-state index in [-0.39, 0.29) is 6.10 Å². The Morgan fingerprint density at radius 1 is 0.645 bits per heavy atom. The topological polar surface area (TPSA) is 15.7 Å². The SMILES string of the molecule is Cc1cccc2c1N(C(C)C)c1cc(-c3ccc(OC(C)C)cc3)ccc1N2C(C)C. The minimum atomic E-state index is 0.180. The van der Waals surface area contributed by atoms with Crippen LogP contribution in [0.1, 0.15) is 47.1 Å². The minimum absolute atomic E-state index is 0.180. The lowest BCUT2D eigenvalue weighted by atomic mass is 9.97. The fourth-order valence-corrected chi connectivity index (χ4v) is 4.59. The maximum absolute atomic E-state index is 5.82. The molecule has 0 aliphatic carbocycles. The second-order valence-electron chi connectivity index (χ2n) is 9.26. The number of nitrogens with zero attached hydrogens (tertiary/aromatic N) is 2. The van der Waals surface area contributed by atoms with Gasteiger partial charge in [0.25, 0.3) is 0 Å². The molecular formula is C28H34N2O. The number of para-hydroxylation sites is 1. The lowest BCUT2D eigenvalue weighted by Crippen LogP contribution is -2.37. The van der Waals surface area contributed by atoms with Crippen LogP contribution < -0.4 is 14.5 Å². The molecule has 0 radical (unpaired) electrons. The standard InChI is InChI=1S/C28H34N2O/c1-18(2)29-25-16-13-23(22-11-14-24(15-12-22)31-20(5)6)17-27(25)30(19(3)4)28-21(7)9-8-10-26(28)29/h8-20H,1-7H3. The van der Waals surface area contributed by atoms with Gasteiger partial charge in [-0.1, -0.05) is 30.3 Å². The van der Waals surface area contributed by atoms with Crippen molar-refractivity contribution in [3.8, 4) is 16.9 Å². The highest BCUT2D eigenvalue weighted by molar-refractivity contribution is 5.96. The van der Waals surface area contributed by atoms with E-state index in [0.717, 1.165) is 5.75 Å². The summed E-state index contributed by atoms with van der Waals surface area (Å²) in [5.74, 6) is 0.913. The molecule has 0 atom stereocenters. The van der Waals surface area contributed by atoms with Crippen molar-refractivity contribution in [2.75, 3.05) is 9.80 Å². The zero-order chi connectivity index (χ0) is 22.3. The first-order chi connectivity index (χ1) is 14.8. The van der Waals surface area contributed by atoms with E-state index in [0.29, 0.717) is 12.1 Å². The van der Waals surface area contributed by atoms with Crippen LogP contribution in [0.5, 0.6) is 5.75 Å². The van der Waals surface area contributed by atoms with Crippen molar-refractivity contribution in [2.24, 2.45) is 0 Å². The first-order valence-electron chi connectivity index (χ1n) is 11.4. The summed E-state index contributed by atoms with van der Waals surface area (Å²) in [7, 11) is 0. The Bertz CT molecular complexity index is 1070. The van der Waals surface area contributed by atoms with Crippen molar-refractivity contribution < 1.29 is 4.74 Å². The van der Waals surface area contributed by atoms with E-state index in [2.05, 4.69) is 119 Å². The molecule has 0 unspecified atom stereocenters. The van der Waals surface area contributed by atoms with Gasteiger partial charge in [0.15, 0.2) is 0 Å². The number of benzene rings is 3. The molecule has 31 heavy (non-hydrogen) atoms. The van der Waals surface area contributed by atoms with Gasteiger partial charge < -0.3 is 14.5 Å². The highest BCUT2D eigenvalue weighted by atomic mass is 16.5. The van der Waals surface area contributed by atoms with E-state index in [1.54, 1.807) is 0 Å². The number of fused-ring (bicyclic) bond motifs is 2. The van der Waals surface area contributed by atoms with Crippen LogP contribution in [0.4, 0.5) is 22.7 Å². The zero-order valence-corrected chi connectivity index (χ0v) is 19.8. The Balaban J connectivity index is 1.84. The van der Waals surface area contributed by atoms with Crippen molar-refractivity contribution in [3.63, 3.8) is 0 Å². The molecular weight excluding hydrogens is 380 g/mol. The molecule has 0 saturated carbocycles. The molecule has 3 aromatic carbocycles. The quantitative estimate of drug-likeness (QED) is 0.423. The van der Waals surface area contributed by atoms with E-state index in [1.807, 2.05) is 0 Å². The normalized spacial score (nSPS) is 13.1. The Kier molecular flexibility index (Phi) is 5.70. The van der Waals surface area contributed by atoms with Gasteiger partial charge in [-0.15, -0.1) is 0 Å². The summed E-state index contributed by atoms with van der Waals surface area (Å²) >= 11 is 0. The predicted octanol–water partition coefficient (Wildman–Crippen LogP) is 7.86. The summed E-state index contributed by atoms with van der Waals surface area (Å²) < 4.78 is 5.82. The first-order valence-corrected chi connectivity index (χ1v) is 11.4. The van der Waals surface area contributed by atoms with Gasteiger partial charge in [0.2, 0.25) is 0 Å². The number of hydrogen-bond donors (Lipinski definition) is 0. The Morgan fingerprint density at radius 3 is 1.90 bits per heavy atom. The van der Waals surface area contributed by atoms with Gasteiger partial charge >= 0.3 is 0 Å². The Morgan fingerprint density at radius 2 is 1.29 bits per heavy atom. The summed E-state index contributed by atoms with van der Waals surface area (Å²) in [6.45, 7) is 15.4. The predicted molar refractivity (Wildman–Crippen MR) is 133 cm³/mol. The van der Waals surface area contributed by atoms with E-state index < -0.39 is 0 Å². The number of aryl methyl sites for hydroxylation is 1. The van der Waals surface area contributed by atoms with Crippen molar-refractivity contribution in [1.82, 2.24) is 0 Å². The fourth-order valence-electron chi connectivity index (χ4n) is 4.59. The molecule has 1 aliphatic rings. The minimum Gasteiger partial charge on any atom is -0.491 e. The van der Waals surface area contributed by atoms with E-state index in [9.17, 15) is 0 Å². The average Bonchev–Trinajstić information content (AvgIpc) is 2.71. The molecule has 1 heterocycles. The zero-order valence-electron chi connectivity index (χ0n) is 19.8. The molecule has 4 rings (SSSR count). The summed E-state index contributed by atoms with van der Waals surface area (Å²) in [4.78, 5) is 4.97. The number of anilines is 4. The van der Waals surface area contributed by atoms with Crippen LogP contribution in [-0.2, 0) is 0 Å². The van der Waals surface area contributed by atoms with Crippen LogP contribution in [-0.4, -0.2) is 18.2 Å². The lowest BCUT2D eigenvalue weighted by Gasteiger charge is -2.45. The summed E-state index contributed by atoms with van der Waals surface area (Å²) in [6, 6.07) is 22.7. The largest absolute Gasteiger partial charge is 0.491 e. The van der Waals surface area contributed by atoms with Gasteiger partial charge in [0.1, 0.15) is 5.75 Å². The molecule has 0 saturated heterocycles. The Labute approximate surface area is 187 Å². The van der Waals surface area contributed by atoms with Crippen molar-refractivity contribution in [2.45, 2.75) is 66.7 Å². The third-order valence-electron chi connectivity index (χ3n) is 5.80. The maximum atomic E-state index is 5.82. The molecule has 0 amide bonds. The second kappa shape index (κ2) is 8.30. The molecule has 0 fully saturated rings. The number of hydrogen-bond acceptors (Lipinski definition) is 3. The molecule has 162 valence electrons. The van der Waals surface area contributed by atoms with Gasteiger partial charge in [0.05, 0.1) is 28.9 Å². The third kappa shape index (κ3) is 3.89. The smallest absolute Gasteiger partial charge is 0.119 e. The van der Waals surface area contributed by atoms with Crippen LogP contribution in [0.15, 0.2) is 60.7 Å². The summed E-state index contributed by atoms with van der Waals surface area (Å²) in [5, 5.41) is 0. The van der Waals surface area contributed by atoms with Gasteiger partial charge in [0, 0.05) is 12.1 Å². The highest BCUT2D eigenvalue weighted by Gasteiger charge is 2.32. The van der Waals surface area contributed by atoms with Crippen molar-refractivity contribution in [1.29, 1.82) is 0 Å². The third-order valence-corrected chi connectivity index (χ3v) is 5.80. The molecule has 0 aromatic heterocycles. The van der Waals surface area contributed by atoms with Crippen molar-refractivity contribution in [3.05, 3.63) is 66.2 Å². The van der Waals surface area contributed by atoms with Gasteiger partial charge in [-0.05, 0) is 95.5 Å². The second-order valence-corrected chi connectivity index (χ2v) is 9.26. The first kappa shape index (κ1) is 21.3. The molecule has 0 bridgehead atoms. The fraction of sp³-hybridized carbons (Fsp3) is 0.357. The van der Waals surface area contributed by atoms with Crippen molar-refractivity contribution >= 4 is 22.7 Å².